The van der Waals surface area contributed by atoms with Gasteiger partial charge in [0.2, 0.25) is 0 Å². The van der Waals surface area contributed by atoms with Crippen molar-refractivity contribution in [2.24, 2.45) is 10.9 Å². The van der Waals surface area contributed by atoms with Crippen LogP contribution >= 0.6 is 0 Å². The highest BCUT2D eigenvalue weighted by molar-refractivity contribution is 6.10. The first-order chi connectivity index (χ1) is 14.0. The van der Waals surface area contributed by atoms with E-state index in [1.807, 2.05) is 0 Å². The Labute approximate surface area is 169 Å². The molecular weight excluding hydrogens is 403 g/mol. The first kappa shape index (κ1) is 21.5. The van der Waals surface area contributed by atoms with Gasteiger partial charge in [-0.05, 0) is 26.8 Å². The summed E-state index contributed by atoms with van der Waals surface area (Å²) in [6.07, 6.45) is -5.18. The van der Waals surface area contributed by atoms with E-state index in [-0.39, 0.29) is 33.7 Å². The third kappa shape index (κ3) is 3.55. The molecule has 1 aliphatic rings. The molecule has 0 spiro atoms. The third-order valence-electron chi connectivity index (χ3n) is 5.03. The lowest BCUT2D eigenvalue weighted by molar-refractivity contribution is -0.167. The molecule has 0 amide bonds. The van der Waals surface area contributed by atoms with Crippen molar-refractivity contribution in [3.63, 3.8) is 0 Å². The molecule has 1 aromatic carbocycles. The molecule has 9 heteroatoms. The lowest BCUT2D eigenvalue weighted by Gasteiger charge is -2.32. The number of halogens is 3. The summed E-state index contributed by atoms with van der Waals surface area (Å²) in [7, 11) is 1.09. The quantitative estimate of drug-likeness (QED) is 0.703. The number of benzene rings is 1. The van der Waals surface area contributed by atoms with Crippen molar-refractivity contribution in [1.29, 1.82) is 0 Å². The third-order valence-corrected chi connectivity index (χ3v) is 5.03. The number of aryl methyl sites for hydroxylation is 1. The molecule has 1 aliphatic heterocycles. The van der Waals surface area contributed by atoms with E-state index in [4.69, 9.17) is 9.15 Å². The Bertz CT molecular complexity index is 1170. The van der Waals surface area contributed by atoms with Crippen molar-refractivity contribution in [2.45, 2.75) is 32.9 Å². The average Bonchev–Trinajstić information content (AvgIpc) is 2.65. The summed E-state index contributed by atoms with van der Waals surface area (Å²) in [4.78, 5) is 41.3. The highest BCUT2D eigenvalue weighted by Crippen LogP contribution is 2.44. The van der Waals surface area contributed by atoms with Crippen LogP contribution in [0.3, 0.4) is 0 Å². The summed E-state index contributed by atoms with van der Waals surface area (Å²) in [5.74, 6) is -5.41. The summed E-state index contributed by atoms with van der Waals surface area (Å²) in [5, 5.41) is 0.123. The van der Waals surface area contributed by atoms with E-state index in [1.54, 1.807) is 0 Å². The van der Waals surface area contributed by atoms with Crippen molar-refractivity contribution in [3.05, 3.63) is 57.1 Å². The van der Waals surface area contributed by atoms with Crippen LogP contribution in [-0.4, -0.2) is 30.8 Å². The van der Waals surface area contributed by atoms with E-state index in [9.17, 15) is 27.6 Å². The van der Waals surface area contributed by atoms with Gasteiger partial charge in [0.05, 0.1) is 12.5 Å². The van der Waals surface area contributed by atoms with E-state index in [0.717, 1.165) is 7.11 Å². The van der Waals surface area contributed by atoms with Crippen molar-refractivity contribution in [2.75, 3.05) is 7.11 Å². The number of nitrogens with zero attached hydrogens (tertiary/aromatic N) is 1. The fraction of sp³-hybridized carbons (Fsp3) is 0.333. The molecule has 0 N–H and O–H groups in total. The molecule has 6 nitrogen and oxygen atoms in total. The number of methoxy groups -OCH3 is 1. The van der Waals surface area contributed by atoms with Crippen LogP contribution in [0.5, 0.6) is 0 Å². The summed E-state index contributed by atoms with van der Waals surface area (Å²) < 4.78 is 50.7. The van der Waals surface area contributed by atoms with Gasteiger partial charge < -0.3 is 9.15 Å². The minimum absolute atomic E-state index is 0.0105. The molecule has 2 aromatic rings. The minimum Gasteiger partial charge on any atom is -0.468 e. The Morgan fingerprint density at radius 3 is 2.43 bits per heavy atom. The topological polar surface area (TPSA) is 85.9 Å². The zero-order valence-corrected chi connectivity index (χ0v) is 16.6. The minimum atomic E-state index is -5.18. The van der Waals surface area contributed by atoms with Crippen LogP contribution in [0.4, 0.5) is 13.2 Å². The van der Waals surface area contributed by atoms with E-state index in [1.165, 1.54) is 45.0 Å². The Morgan fingerprint density at radius 2 is 1.83 bits per heavy atom. The number of rotatable bonds is 3. The van der Waals surface area contributed by atoms with Crippen LogP contribution < -0.4 is 5.43 Å². The SMILES string of the molecule is COC(=O)C1C(C)=NC(C)=C(C(=O)C(F)(F)F)C1c1cccc2c(=O)cc(C)oc12. The first-order valence-corrected chi connectivity index (χ1v) is 8.96. The van der Waals surface area contributed by atoms with E-state index < -0.39 is 40.8 Å². The summed E-state index contributed by atoms with van der Waals surface area (Å²) in [6, 6.07) is 5.61. The molecule has 2 atom stereocenters. The lowest BCUT2D eigenvalue weighted by Crippen LogP contribution is -2.39. The van der Waals surface area contributed by atoms with Gasteiger partial charge in [-0.15, -0.1) is 0 Å². The van der Waals surface area contributed by atoms with Crippen molar-refractivity contribution < 1.29 is 31.9 Å². The summed E-state index contributed by atoms with van der Waals surface area (Å²) in [5.41, 5.74) is -0.931. The number of allylic oxidation sites excluding steroid dienone is 2. The Morgan fingerprint density at radius 1 is 1.17 bits per heavy atom. The molecule has 30 heavy (non-hydrogen) atoms. The molecule has 1 aromatic heterocycles. The number of hydrogen-bond acceptors (Lipinski definition) is 6. The molecule has 0 radical (unpaired) electrons. The molecule has 2 unspecified atom stereocenters. The number of carbonyl (C=O) groups is 2. The van der Waals surface area contributed by atoms with Crippen LogP contribution in [0.1, 0.15) is 31.1 Å². The second-order valence-electron chi connectivity index (χ2n) is 7.00. The van der Waals surface area contributed by atoms with Crippen LogP contribution in [0.25, 0.3) is 11.0 Å². The second kappa shape index (κ2) is 7.55. The maximum absolute atomic E-state index is 13.4. The molecule has 0 fully saturated rings. The van der Waals surface area contributed by atoms with Gasteiger partial charge in [0, 0.05) is 34.5 Å². The maximum Gasteiger partial charge on any atom is 0.454 e. The smallest absolute Gasteiger partial charge is 0.454 e. The Balaban J connectivity index is 2.41. The summed E-state index contributed by atoms with van der Waals surface area (Å²) in [6.45, 7) is 4.26. The molecule has 3 rings (SSSR count). The first-order valence-electron chi connectivity index (χ1n) is 8.96. The van der Waals surface area contributed by atoms with Crippen molar-refractivity contribution in [3.8, 4) is 0 Å². The maximum atomic E-state index is 13.4. The Hall–Kier alpha value is -3.23. The molecule has 0 bridgehead atoms. The van der Waals surface area contributed by atoms with Crippen LogP contribution in [0.15, 0.2) is 49.7 Å². The number of esters is 1. The largest absolute Gasteiger partial charge is 0.468 e. The molecule has 0 saturated heterocycles. The van der Waals surface area contributed by atoms with Gasteiger partial charge >= 0.3 is 12.1 Å². The van der Waals surface area contributed by atoms with Crippen LogP contribution in [0, 0.1) is 12.8 Å². The fourth-order valence-corrected chi connectivity index (χ4v) is 3.81. The number of ketones is 1. The van der Waals surface area contributed by atoms with Crippen LogP contribution in [0.2, 0.25) is 0 Å². The fourth-order valence-electron chi connectivity index (χ4n) is 3.81. The molecular formula is C21H18F3NO5. The number of aliphatic imine (C=N–C) groups is 1. The van der Waals surface area contributed by atoms with Crippen LogP contribution in [-0.2, 0) is 14.3 Å². The van der Waals surface area contributed by atoms with Gasteiger partial charge in [-0.1, -0.05) is 12.1 Å². The Kier molecular flexibility index (Phi) is 5.40. The second-order valence-corrected chi connectivity index (χ2v) is 7.00. The number of alkyl halides is 3. The van der Waals surface area contributed by atoms with E-state index in [2.05, 4.69) is 4.99 Å². The average molecular weight is 421 g/mol. The zero-order chi connectivity index (χ0) is 22.4. The van der Waals surface area contributed by atoms with Gasteiger partial charge in [0.25, 0.3) is 5.78 Å². The predicted octanol–water partition coefficient (Wildman–Crippen LogP) is 3.85. The number of carbonyl (C=O) groups excluding carboxylic acids is 2. The molecule has 158 valence electrons. The number of fused-ring (bicyclic) bond motifs is 1. The standard InChI is InChI=1S/C21H18F3NO5/c1-9-8-14(26)12-6-5-7-13(18(12)30-9)17-15(19(27)21(22,23)24)10(2)25-11(3)16(17)20(28)29-4/h5-8,16-17H,1-4H3. The van der Waals surface area contributed by atoms with Gasteiger partial charge in [0.1, 0.15) is 17.3 Å². The van der Waals surface area contributed by atoms with Gasteiger partial charge in [-0.25, -0.2) is 0 Å². The van der Waals surface area contributed by atoms with Gasteiger partial charge in [-0.3, -0.25) is 19.4 Å². The highest BCUT2D eigenvalue weighted by atomic mass is 19.4. The molecule has 2 heterocycles. The number of para-hydroxylation sites is 1. The van der Waals surface area contributed by atoms with Crippen molar-refractivity contribution >= 4 is 28.4 Å². The van der Waals surface area contributed by atoms with E-state index >= 15 is 0 Å². The number of Topliss-reactive ketones (excluding diaryl/α,β-unsaturated/α-hetero) is 1. The number of hydrogen-bond donors (Lipinski definition) is 0. The predicted molar refractivity (Wildman–Crippen MR) is 102 cm³/mol. The lowest BCUT2D eigenvalue weighted by atomic mass is 9.74. The van der Waals surface area contributed by atoms with Gasteiger partial charge in [-0.2, -0.15) is 13.2 Å². The monoisotopic (exact) mass is 421 g/mol. The van der Waals surface area contributed by atoms with Crippen molar-refractivity contribution in [1.82, 2.24) is 0 Å². The van der Waals surface area contributed by atoms with Gasteiger partial charge in [0.15, 0.2) is 5.43 Å². The molecule has 0 saturated carbocycles. The summed E-state index contributed by atoms with van der Waals surface area (Å²) >= 11 is 0. The van der Waals surface area contributed by atoms with E-state index in [0.29, 0.717) is 0 Å². The normalized spacial score (nSPS) is 19.6. The number of ether oxygens (including phenoxy) is 1. The highest BCUT2D eigenvalue weighted by Gasteiger charge is 2.50. The zero-order valence-electron chi connectivity index (χ0n) is 16.6. The molecule has 0 aliphatic carbocycles.